The molecule has 1 unspecified atom stereocenters. The number of unbranched alkanes of at least 4 members (excludes halogenated alkanes) is 6. The van der Waals surface area contributed by atoms with Gasteiger partial charge in [-0.3, -0.25) is 0 Å². The molecular weight excluding hydrogens is 264 g/mol. The van der Waals surface area contributed by atoms with E-state index in [1.807, 2.05) is 18.2 Å². The Morgan fingerprint density at radius 2 is 1.38 bits per heavy atom. The van der Waals surface area contributed by atoms with Gasteiger partial charge in [0.2, 0.25) is 0 Å². The summed E-state index contributed by atoms with van der Waals surface area (Å²) in [7, 11) is 3.25. The van der Waals surface area contributed by atoms with Crippen molar-refractivity contribution < 1.29 is 14.6 Å². The maximum atomic E-state index is 10.3. The van der Waals surface area contributed by atoms with Crippen LogP contribution in [0, 0.1) is 0 Å². The van der Waals surface area contributed by atoms with Gasteiger partial charge in [-0.05, 0) is 24.1 Å². The molecule has 1 aromatic carbocycles. The monoisotopic (exact) mass is 294 g/mol. The van der Waals surface area contributed by atoms with Gasteiger partial charge in [0.15, 0.2) is 0 Å². The summed E-state index contributed by atoms with van der Waals surface area (Å²) in [4.78, 5) is 0. The predicted molar refractivity (Wildman–Crippen MR) is 87.1 cm³/mol. The fourth-order valence-electron chi connectivity index (χ4n) is 2.48. The standard InChI is InChI=1S/C18H30O3/c1-4-5-6-7-8-9-10-11-18(19)15-12-16(20-2)14-17(13-15)21-3/h12-14,18-19H,4-11H2,1-3H3. The second-order valence-electron chi connectivity index (χ2n) is 5.57. The summed E-state index contributed by atoms with van der Waals surface area (Å²) >= 11 is 0. The van der Waals surface area contributed by atoms with Crippen molar-refractivity contribution in [3.8, 4) is 11.5 Å². The molecule has 1 aromatic rings. The second-order valence-corrected chi connectivity index (χ2v) is 5.57. The lowest BCUT2D eigenvalue weighted by Crippen LogP contribution is -1.99. The molecule has 0 aromatic heterocycles. The molecule has 0 amide bonds. The number of benzene rings is 1. The van der Waals surface area contributed by atoms with Crippen LogP contribution >= 0.6 is 0 Å². The Bertz CT molecular complexity index is 368. The van der Waals surface area contributed by atoms with Gasteiger partial charge in [0.25, 0.3) is 0 Å². The Hall–Kier alpha value is -1.22. The highest BCUT2D eigenvalue weighted by molar-refractivity contribution is 5.39. The van der Waals surface area contributed by atoms with Crippen molar-refractivity contribution in [3.05, 3.63) is 23.8 Å². The van der Waals surface area contributed by atoms with Crippen molar-refractivity contribution in [2.45, 2.75) is 64.4 Å². The zero-order valence-electron chi connectivity index (χ0n) is 13.7. The van der Waals surface area contributed by atoms with Gasteiger partial charge in [-0.25, -0.2) is 0 Å². The highest BCUT2D eigenvalue weighted by Gasteiger charge is 2.10. The third-order valence-electron chi connectivity index (χ3n) is 3.84. The number of hydrogen-bond acceptors (Lipinski definition) is 3. The second kappa shape index (κ2) is 10.5. The minimum Gasteiger partial charge on any atom is -0.497 e. The molecule has 120 valence electrons. The molecule has 0 spiro atoms. The van der Waals surface area contributed by atoms with Crippen LogP contribution in [0.3, 0.4) is 0 Å². The van der Waals surface area contributed by atoms with Crippen LogP contribution in [0.15, 0.2) is 18.2 Å². The maximum Gasteiger partial charge on any atom is 0.122 e. The lowest BCUT2D eigenvalue weighted by molar-refractivity contribution is 0.162. The van der Waals surface area contributed by atoms with Crippen molar-refractivity contribution in [1.82, 2.24) is 0 Å². The molecule has 1 N–H and O–H groups in total. The molecule has 0 radical (unpaired) electrons. The number of ether oxygens (including phenoxy) is 2. The molecule has 0 aliphatic carbocycles. The highest BCUT2D eigenvalue weighted by Crippen LogP contribution is 2.28. The zero-order valence-corrected chi connectivity index (χ0v) is 13.7. The largest absolute Gasteiger partial charge is 0.497 e. The SMILES string of the molecule is CCCCCCCCCC(O)c1cc(OC)cc(OC)c1. The van der Waals surface area contributed by atoms with Crippen LogP contribution in [0.25, 0.3) is 0 Å². The third kappa shape index (κ3) is 6.85. The average molecular weight is 294 g/mol. The maximum absolute atomic E-state index is 10.3. The van der Waals surface area contributed by atoms with E-state index in [0.29, 0.717) is 0 Å². The zero-order chi connectivity index (χ0) is 15.5. The van der Waals surface area contributed by atoms with Crippen molar-refractivity contribution >= 4 is 0 Å². The minimum atomic E-state index is -0.440. The Kier molecular flexibility index (Phi) is 8.91. The fraction of sp³-hybridized carbons (Fsp3) is 0.667. The number of methoxy groups -OCH3 is 2. The van der Waals surface area contributed by atoms with Gasteiger partial charge >= 0.3 is 0 Å². The van der Waals surface area contributed by atoms with Gasteiger partial charge in [-0.1, -0.05) is 51.9 Å². The Labute approximate surface area is 129 Å². The first kappa shape index (κ1) is 17.8. The molecular formula is C18H30O3. The summed E-state index contributed by atoms with van der Waals surface area (Å²) in [5.41, 5.74) is 0.872. The molecule has 1 rings (SSSR count). The van der Waals surface area contributed by atoms with Crippen LogP contribution in [0.5, 0.6) is 11.5 Å². The van der Waals surface area contributed by atoms with Gasteiger partial charge in [0, 0.05) is 6.07 Å². The lowest BCUT2D eigenvalue weighted by atomic mass is 10.0. The third-order valence-corrected chi connectivity index (χ3v) is 3.84. The van der Waals surface area contributed by atoms with Crippen molar-refractivity contribution in [2.75, 3.05) is 14.2 Å². The number of aliphatic hydroxyl groups is 1. The molecule has 0 aliphatic rings. The van der Waals surface area contributed by atoms with Crippen LogP contribution in [0.2, 0.25) is 0 Å². The summed E-state index contributed by atoms with van der Waals surface area (Å²) < 4.78 is 10.5. The van der Waals surface area contributed by atoms with Crippen molar-refractivity contribution in [3.63, 3.8) is 0 Å². The molecule has 3 nitrogen and oxygen atoms in total. The molecule has 21 heavy (non-hydrogen) atoms. The van der Waals surface area contributed by atoms with Crippen LogP contribution in [0.4, 0.5) is 0 Å². The first-order valence-electron chi connectivity index (χ1n) is 8.12. The van der Waals surface area contributed by atoms with Crippen molar-refractivity contribution in [2.24, 2.45) is 0 Å². The van der Waals surface area contributed by atoms with Gasteiger partial charge in [-0.15, -0.1) is 0 Å². The quantitative estimate of drug-likeness (QED) is 0.591. The number of aliphatic hydroxyl groups excluding tert-OH is 1. The van der Waals surface area contributed by atoms with E-state index in [0.717, 1.165) is 29.9 Å². The van der Waals surface area contributed by atoms with Crippen LogP contribution < -0.4 is 9.47 Å². The summed E-state index contributed by atoms with van der Waals surface area (Å²) in [6.07, 6.45) is 9.17. The molecule has 0 heterocycles. The van der Waals surface area contributed by atoms with E-state index in [-0.39, 0.29) is 0 Å². The van der Waals surface area contributed by atoms with Crippen LogP contribution in [0.1, 0.15) is 70.0 Å². The van der Waals surface area contributed by atoms with E-state index >= 15 is 0 Å². The number of hydrogen-bond donors (Lipinski definition) is 1. The molecule has 0 fully saturated rings. The Balaban J connectivity index is 2.36. The first-order chi connectivity index (χ1) is 10.2. The molecule has 0 saturated carbocycles. The van der Waals surface area contributed by atoms with Crippen LogP contribution in [-0.4, -0.2) is 19.3 Å². The summed E-state index contributed by atoms with van der Waals surface area (Å²) in [6, 6.07) is 5.59. The smallest absolute Gasteiger partial charge is 0.122 e. The molecule has 0 aliphatic heterocycles. The topological polar surface area (TPSA) is 38.7 Å². The normalized spacial score (nSPS) is 12.2. The fourth-order valence-corrected chi connectivity index (χ4v) is 2.48. The molecule has 1 atom stereocenters. The van der Waals surface area contributed by atoms with E-state index < -0.39 is 6.10 Å². The highest BCUT2D eigenvalue weighted by atomic mass is 16.5. The van der Waals surface area contributed by atoms with Crippen LogP contribution in [-0.2, 0) is 0 Å². The first-order valence-corrected chi connectivity index (χ1v) is 8.12. The average Bonchev–Trinajstić information content (AvgIpc) is 2.53. The van der Waals surface area contributed by atoms with E-state index in [9.17, 15) is 5.11 Å². The molecule has 0 saturated heterocycles. The number of rotatable bonds is 11. The van der Waals surface area contributed by atoms with E-state index in [2.05, 4.69) is 6.92 Å². The summed E-state index contributed by atoms with van der Waals surface area (Å²) in [5.74, 6) is 1.45. The summed E-state index contributed by atoms with van der Waals surface area (Å²) in [5, 5.41) is 10.3. The Morgan fingerprint density at radius 3 is 1.90 bits per heavy atom. The minimum absolute atomic E-state index is 0.440. The van der Waals surface area contributed by atoms with Gasteiger partial charge < -0.3 is 14.6 Å². The lowest BCUT2D eigenvalue weighted by Gasteiger charge is -2.14. The van der Waals surface area contributed by atoms with E-state index in [1.165, 1.54) is 38.5 Å². The van der Waals surface area contributed by atoms with Gasteiger partial charge in [-0.2, -0.15) is 0 Å². The summed E-state index contributed by atoms with van der Waals surface area (Å²) in [6.45, 7) is 2.23. The molecule has 0 bridgehead atoms. The predicted octanol–water partition coefficient (Wildman–Crippen LogP) is 4.88. The van der Waals surface area contributed by atoms with E-state index in [4.69, 9.17) is 9.47 Å². The van der Waals surface area contributed by atoms with E-state index in [1.54, 1.807) is 14.2 Å². The Morgan fingerprint density at radius 1 is 0.857 bits per heavy atom. The molecule has 3 heteroatoms. The van der Waals surface area contributed by atoms with Gasteiger partial charge in [0.1, 0.15) is 11.5 Å². The van der Waals surface area contributed by atoms with Crippen molar-refractivity contribution in [1.29, 1.82) is 0 Å². The van der Waals surface area contributed by atoms with Gasteiger partial charge in [0.05, 0.1) is 20.3 Å².